The van der Waals surface area contributed by atoms with Crippen LogP contribution in [0, 0.1) is 0 Å². The van der Waals surface area contributed by atoms with E-state index in [0.29, 0.717) is 31.1 Å². The Kier molecular flexibility index (Phi) is 10.5. The second kappa shape index (κ2) is 12.4. The fourth-order valence-electron chi connectivity index (χ4n) is 2.35. The summed E-state index contributed by atoms with van der Waals surface area (Å²) in [6, 6.07) is 8.75. The summed E-state index contributed by atoms with van der Waals surface area (Å²) in [5.41, 5.74) is 0.547. The van der Waals surface area contributed by atoms with Gasteiger partial charge in [-0.15, -0.1) is 24.0 Å². The Morgan fingerprint density at radius 2 is 2.04 bits per heavy atom. The minimum atomic E-state index is -2.93. The number of nitrogens with one attached hydrogen (secondary N) is 2. The Morgan fingerprint density at radius 1 is 1.22 bits per heavy atom. The van der Waals surface area contributed by atoms with Crippen LogP contribution in [0.2, 0.25) is 0 Å². The summed E-state index contributed by atoms with van der Waals surface area (Å²) >= 11 is 0. The fraction of sp³-hybridized carbons (Fsp3) is 0.389. The highest BCUT2D eigenvalue weighted by Gasteiger charge is 2.16. The Bertz CT molecular complexity index is 697. The van der Waals surface area contributed by atoms with E-state index in [-0.39, 0.29) is 42.0 Å². The minimum absolute atomic E-state index is 0. The number of nitrogens with zero attached hydrogens (tertiary/aromatic N) is 1. The average molecular weight is 495 g/mol. The van der Waals surface area contributed by atoms with Gasteiger partial charge in [-0.1, -0.05) is 12.1 Å². The van der Waals surface area contributed by atoms with Crippen LogP contribution in [0.1, 0.15) is 18.2 Å². The number of benzene rings is 1. The molecule has 0 radical (unpaired) electrons. The van der Waals surface area contributed by atoms with E-state index < -0.39 is 6.61 Å². The summed E-state index contributed by atoms with van der Waals surface area (Å²) in [6.45, 7) is 0.0747. The van der Waals surface area contributed by atoms with Gasteiger partial charge >= 0.3 is 6.61 Å². The van der Waals surface area contributed by atoms with Crippen molar-refractivity contribution in [3.05, 3.63) is 47.9 Å². The SMILES string of the molecule is CCOc1cccc(CNC(=NC)NCCc2ccco2)c1OC(F)F.I. The molecule has 0 atom stereocenters. The molecule has 0 aliphatic carbocycles. The molecule has 0 unspecified atom stereocenters. The molecular formula is C18H24F2IN3O3. The number of ether oxygens (including phenoxy) is 2. The number of hydrogen-bond acceptors (Lipinski definition) is 4. The zero-order chi connectivity index (χ0) is 18.8. The fourth-order valence-corrected chi connectivity index (χ4v) is 2.35. The topological polar surface area (TPSA) is 68.0 Å². The molecule has 0 fully saturated rings. The normalized spacial score (nSPS) is 11.1. The molecule has 150 valence electrons. The van der Waals surface area contributed by atoms with Crippen LogP contribution in [-0.2, 0) is 13.0 Å². The smallest absolute Gasteiger partial charge is 0.387 e. The van der Waals surface area contributed by atoms with Crippen molar-refractivity contribution in [3.8, 4) is 11.5 Å². The Balaban J connectivity index is 0.00000364. The largest absolute Gasteiger partial charge is 0.490 e. The number of furan rings is 1. The van der Waals surface area contributed by atoms with Gasteiger partial charge in [-0.2, -0.15) is 8.78 Å². The molecule has 0 bridgehead atoms. The third kappa shape index (κ3) is 7.61. The number of halogens is 3. The number of aliphatic imine (C=N–C) groups is 1. The zero-order valence-corrected chi connectivity index (χ0v) is 17.5. The van der Waals surface area contributed by atoms with Crippen molar-refractivity contribution < 1.29 is 22.7 Å². The standard InChI is InChI=1S/C18H23F2N3O3.HI/c1-3-24-15-8-4-6-13(16(15)26-17(19)20)12-23-18(21-2)22-10-9-14-7-5-11-25-14;/h4-8,11,17H,3,9-10,12H2,1-2H3,(H2,21,22,23);1H. The first-order chi connectivity index (χ1) is 12.6. The van der Waals surface area contributed by atoms with Gasteiger partial charge in [0.25, 0.3) is 0 Å². The third-order valence-electron chi connectivity index (χ3n) is 3.48. The van der Waals surface area contributed by atoms with Crippen molar-refractivity contribution >= 4 is 29.9 Å². The molecule has 27 heavy (non-hydrogen) atoms. The molecule has 2 rings (SSSR count). The predicted molar refractivity (Wildman–Crippen MR) is 110 cm³/mol. The van der Waals surface area contributed by atoms with E-state index in [1.165, 1.54) is 0 Å². The first kappa shape index (κ1) is 23.0. The number of guanidine groups is 1. The number of rotatable bonds is 9. The van der Waals surface area contributed by atoms with Crippen LogP contribution in [-0.4, -0.2) is 32.8 Å². The molecule has 0 spiro atoms. The van der Waals surface area contributed by atoms with Gasteiger partial charge in [0, 0.05) is 32.1 Å². The van der Waals surface area contributed by atoms with E-state index in [4.69, 9.17) is 9.15 Å². The Hall–Kier alpha value is -2.04. The van der Waals surface area contributed by atoms with Crippen LogP contribution in [0.25, 0.3) is 0 Å². The van der Waals surface area contributed by atoms with E-state index in [1.54, 1.807) is 38.4 Å². The van der Waals surface area contributed by atoms with Crippen LogP contribution in [0.5, 0.6) is 11.5 Å². The highest BCUT2D eigenvalue weighted by Crippen LogP contribution is 2.32. The summed E-state index contributed by atoms with van der Waals surface area (Å²) < 4.78 is 40.8. The van der Waals surface area contributed by atoms with E-state index in [9.17, 15) is 8.78 Å². The van der Waals surface area contributed by atoms with Gasteiger partial charge in [0.05, 0.1) is 12.9 Å². The van der Waals surface area contributed by atoms with Gasteiger partial charge in [0.15, 0.2) is 17.5 Å². The third-order valence-corrected chi connectivity index (χ3v) is 3.48. The van der Waals surface area contributed by atoms with Crippen LogP contribution in [0.3, 0.4) is 0 Å². The van der Waals surface area contributed by atoms with Gasteiger partial charge in [0.1, 0.15) is 5.76 Å². The van der Waals surface area contributed by atoms with E-state index >= 15 is 0 Å². The quantitative estimate of drug-likeness (QED) is 0.315. The summed E-state index contributed by atoms with van der Waals surface area (Å²) in [5.74, 6) is 1.72. The predicted octanol–water partition coefficient (Wildman–Crippen LogP) is 3.81. The van der Waals surface area contributed by atoms with Crippen LogP contribution in [0.15, 0.2) is 46.0 Å². The van der Waals surface area contributed by atoms with Crippen molar-refractivity contribution in [3.63, 3.8) is 0 Å². The number of para-hydroxylation sites is 1. The molecule has 0 amide bonds. The van der Waals surface area contributed by atoms with Crippen molar-refractivity contribution in [2.45, 2.75) is 26.5 Å². The molecule has 6 nitrogen and oxygen atoms in total. The lowest BCUT2D eigenvalue weighted by molar-refractivity contribution is -0.0520. The van der Waals surface area contributed by atoms with E-state index in [0.717, 1.165) is 5.76 Å². The van der Waals surface area contributed by atoms with Crippen LogP contribution < -0.4 is 20.1 Å². The lowest BCUT2D eigenvalue weighted by Gasteiger charge is -2.17. The summed E-state index contributed by atoms with van der Waals surface area (Å²) in [7, 11) is 1.63. The number of alkyl halides is 2. The molecule has 9 heteroatoms. The first-order valence-corrected chi connectivity index (χ1v) is 8.30. The second-order valence-electron chi connectivity index (χ2n) is 5.24. The van der Waals surface area contributed by atoms with Crippen molar-refractivity contribution in [2.75, 3.05) is 20.2 Å². The highest BCUT2D eigenvalue weighted by molar-refractivity contribution is 14.0. The molecule has 0 aliphatic heterocycles. The highest BCUT2D eigenvalue weighted by atomic mass is 127. The zero-order valence-electron chi connectivity index (χ0n) is 15.2. The molecule has 0 saturated heterocycles. The van der Waals surface area contributed by atoms with Crippen LogP contribution in [0.4, 0.5) is 8.78 Å². The molecule has 0 aliphatic rings. The molecule has 0 saturated carbocycles. The maximum Gasteiger partial charge on any atom is 0.387 e. The summed E-state index contributed by atoms with van der Waals surface area (Å²) in [4.78, 5) is 4.11. The van der Waals surface area contributed by atoms with Gasteiger partial charge in [0.2, 0.25) is 0 Å². The maximum absolute atomic E-state index is 12.7. The Labute approximate surface area is 174 Å². The van der Waals surface area contributed by atoms with Gasteiger partial charge in [-0.25, -0.2) is 0 Å². The first-order valence-electron chi connectivity index (χ1n) is 8.30. The lowest BCUT2D eigenvalue weighted by Crippen LogP contribution is -2.37. The van der Waals surface area contributed by atoms with Gasteiger partial charge in [-0.3, -0.25) is 4.99 Å². The van der Waals surface area contributed by atoms with Crippen LogP contribution >= 0.6 is 24.0 Å². The van der Waals surface area contributed by atoms with Crippen molar-refractivity contribution in [1.82, 2.24) is 10.6 Å². The minimum Gasteiger partial charge on any atom is -0.490 e. The number of hydrogen-bond donors (Lipinski definition) is 2. The monoisotopic (exact) mass is 495 g/mol. The molecule has 1 aromatic carbocycles. The van der Waals surface area contributed by atoms with Gasteiger partial charge < -0.3 is 24.5 Å². The summed E-state index contributed by atoms with van der Waals surface area (Å²) in [5, 5.41) is 6.21. The second-order valence-corrected chi connectivity index (χ2v) is 5.24. The molecule has 2 N–H and O–H groups in total. The molecule has 1 aromatic heterocycles. The van der Waals surface area contributed by atoms with Crippen molar-refractivity contribution in [1.29, 1.82) is 0 Å². The lowest BCUT2D eigenvalue weighted by atomic mass is 10.2. The molecule has 1 heterocycles. The van der Waals surface area contributed by atoms with Crippen molar-refractivity contribution in [2.24, 2.45) is 4.99 Å². The maximum atomic E-state index is 12.7. The van der Waals surface area contributed by atoms with E-state index in [1.807, 2.05) is 12.1 Å². The van der Waals surface area contributed by atoms with E-state index in [2.05, 4.69) is 20.4 Å². The van der Waals surface area contributed by atoms with Gasteiger partial charge in [-0.05, 0) is 25.1 Å². The Morgan fingerprint density at radius 3 is 2.67 bits per heavy atom. The molecule has 2 aromatic rings. The average Bonchev–Trinajstić information content (AvgIpc) is 3.13. The molecular weight excluding hydrogens is 471 g/mol. The summed E-state index contributed by atoms with van der Waals surface area (Å²) in [6.07, 6.45) is 2.32.